The molecule has 0 N–H and O–H groups in total. The van der Waals surface area contributed by atoms with E-state index in [0.29, 0.717) is 5.92 Å². The summed E-state index contributed by atoms with van der Waals surface area (Å²) in [6, 6.07) is 33.2. The van der Waals surface area contributed by atoms with Crippen molar-refractivity contribution in [3.8, 4) is 22.3 Å². The van der Waals surface area contributed by atoms with E-state index in [9.17, 15) is 0 Å². The van der Waals surface area contributed by atoms with Crippen molar-refractivity contribution in [3.63, 3.8) is 0 Å². The molecule has 0 radical (unpaired) electrons. The molecule has 43 heavy (non-hydrogen) atoms. The van der Waals surface area contributed by atoms with Gasteiger partial charge in [0.1, 0.15) is 0 Å². The van der Waals surface area contributed by atoms with Crippen LogP contribution >= 0.6 is 0 Å². The first-order valence-electron chi connectivity index (χ1n) is 15.5. The van der Waals surface area contributed by atoms with E-state index in [1.807, 2.05) is 0 Å². The molecule has 0 saturated carbocycles. The molecular formula is C39H36Cl2SiZr. The van der Waals surface area contributed by atoms with Crippen molar-refractivity contribution in [3.05, 3.63) is 129 Å². The average Bonchev–Trinajstić information content (AvgIpc) is 3.68. The van der Waals surface area contributed by atoms with Crippen molar-refractivity contribution in [2.45, 2.75) is 58.0 Å². The molecule has 3 aliphatic carbocycles. The van der Waals surface area contributed by atoms with Gasteiger partial charge in [0.2, 0.25) is 0 Å². The maximum atomic E-state index is 2.62. The standard InChI is InChI=1S/C37H29.C2H7Si.2ClH.Zr/c1-2-8-26-22-35-29(30-20-19-24-18-17-23-10-5-14-31(30)36(23)24)13-7-16-33(35)37(26)32-15-6-12-28-27-11-4-3-9-25(27)21-34(28)32;1-3-2;;;/h3-7,9-14,16,19-20,22,37H,2,8,17-18,21H2,1H3;3H,1-2H3;2*1H;/q;;;;+2/p-2. The Morgan fingerprint density at radius 3 is 2.26 bits per heavy atom. The summed E-state index contributed by atoms with van der Waals surface area (Å²) in [5.74, 6) is -0.236. The Morgan fingerprint density at radius 1 is 0.721 bits per heavy atom. The summed E-state index contributed by atoms with van der Waals surface area (Å²) < 4.78 is 1.78. The molecule has 0 aromatic heterocycles. The van der Waals surface area contributed by atoms with Crippen LogP contribution in [0.15, 0.2) is 90.5 Å². The molecule has 0 fully saturated rings. The fourth-order valence-electron chi connectivity index (χ4n) is 8.03. The van der Waals surface area contributed by atoms with Gasteiger partial charge in [-0.3, -0.25) is 0 Å². The first kappa shape index (κ1) is 30.8. The van der Waals surface area contributed by atoms with Gasteiger partial charge in [0.15, 0.2) is 0 Å². The third-order valence-corrected chi connectivity index (χ3v) is 18.1. The maximum Gasteiger partial charge on any atom is -1.00 e. The number of aryl methyl sites for hydroxylation is 2. The van der Waals surface area contributed by atoms with Gasteiger partial charge in [-0.25, -0.2) is 0 Å². The molecule has 0 saturated heterocycles. The van der Waals surface area contributed by atoms with Gasteiger partial charge in [-0.15, -0.1) is 0 Å². The molecule has 0 spiro atoms. The van der Waals surface area contributed by atoms with Crippen molar-refractivity contribution >= 4 is 26.0 Å². The van der Waals surface area contributed by atoms with E-state index in [2.05, 4.69) is 111 Å². The predicted molar refractivity (Wildman–Crippen MR) is 175 cm³/mol. The molecule has 4 heteroatoms. The zero-order valence-corrected chi connectivity index (χ0v) is 30.2. The van der Waals surface area contributed by atoms with Gasteiger partial charge in [0.05, 0.1) is 0 Å². The van der Waals surface area contributed by atoms with Crippen molar-refractivity contribution in [2.24, 2.45) is 0 Å². The van der Waals surface area contributed by atoms with E-state index < -0.39 is 28.3 Å². The van der Waals surface area contributed by atoms with Crippen molar-refractivity contribution in [2.75, 3.05) is 0 Å². The quantitative estimate of drug-likeness (QED) is 0.235. The number of allylic oxidation sites excluding steroid dienone is 1. The fraction of sp³-hybridized carbons (Fsp3) is 0.231. The zero-order valence-electron chi connectivity index (χ0n) is 25.1. The van der Waals surface area contributed by atoms with E-state index in [0.717, 1.165) is 6.42 Å². The molecule has 1 unspecified atom stereocenters. The van der Waals surface area contributed by atoms with Crippen molar-refractivity contribution < 1.29 is 47.2 Å². The van der Waals surface area contributed by atoms with E-state index in [-0.39, 0.29) is 24.8 Å². The second-order valence-corrected chi connectivity index (χ2v) is 27.1. The van der Waals surface area contributed by atoms with E-state index >= 15 is 0 Å². The van der Waals surface area contributed by atoms with Gasteiger partial charge in [-0.05, 0) is 0 Å². The molecule has 3 aliphatic rings. The SMILES string of the molecule is CCCC1=Cc2c(-c3ccc4c5c(cccc35)CC4)cccc2C1c1[c]([Zr+2][SiH](C)C)ccc2c1Cc1ccccc1-2.[Cl-].[Cl-]. The van der Waals surface area contributed by atoms with Crippen LogP contribution < -0.4 is 28.1 Å². The minimum absolute atomic E-state index is 0. The van der Waals surface area contributed by atoms with Crippen molar-refractivity contribution in [1.29, 1.82) is 0 Å². The molecule has 5 aromatic rings. The van der Waals surface area contributed by atoms with Crippen LogP contribution in [-0.2, 0) is 41.7 Å². The van der Waals surface area contributed by atoms with Crippen LogP contribution in [-0.4, -0.2) is 5.92 Å². The first-order chi connectivity index (χ1) is 20.1. The Hall–Kier alpha value is -2.22. The molecule has 0 heterocycles. The summed E-state index contributed by atoms with van der Waals surface area (Å²) in [5, 5.41) is 2.96. The van der Waals surface area contributed by atoms with Gasteiger partial charge in [0, 0.05) is 0 Å². The molecule has 8 rings (SSSR count). The van der Waals surface area contributed by atoms with Crippen LogP contribution in [0.2, 0.25) is 13.1 Å². The van der Waals surface area contributed by atoms with Crippen LogP contribution in [0, 0.1) is 0 Å². The molecule has 0 amide bonds. The number of hydrogen-bond acceptors (Lipinski definition) is 0. The minimum atomic E-state index is -0.634. The van der Waals surface area contributed by atoms with Gasteiger partial charge < -0.3 is 24.8 Å². The smallest absolute Gasteiger partial charge is 1.00 e. The minimum Gasteiger partial charge on any atom is -1.00 e. The monoisotopic (exact) mass is 692 g/mol. The largest absolute Gasteiger partial charge is 1.00 e. The Balaban J connectivity index is 0.00000165. The Labute approximate surface area is 281 Å². The summed E-state index contributed by atoms with van der Waals surface area (Å²) in [6.45, 7) is 7.52. The van der Waals surface area contributed by atoms with Crippen LogP contribution in [0.25, 0.3) is 39.1 Å². The van der Waals surface area contributed by atoms with Crippen LogP contribution in [0.5, 0.6) is 0 Å². The molecule has 0 aliphatic heterocycles. The third kappa shape index (κ3) is 4.98. The molecular weight excluding hydrogens is 659 g/mol. The Kier molecular flexibility index (Phi) is 8.80. The van der Waals surface area contributed by atoms with Crippen molar-refractivity contribution in [1.82, 2.24) is 0 Å². The van der Waals surface area contributed by atoms with Crippen LogP contribution in [0.1, 0.15) is 64.6 Å². The number of benzene rings is 5. The summed E-state index contributed by atoms with van der Waals surface area (Å²) in [5.41, 5.74) is 18.4. The van der Waals surface area contributed by atoms with Crippen LogP contribution in [0.4, 0.5) is 0 Å². The number of hydrogen-bond donors (Lipinski definition) is 0. The van der Waals surface area contributed by atoms with E-state index in [4.69, 9.17) is 0 Å². The van der Waals surface area contributed by atoms with Gasteiger partial charge in [-0.2, -0.15) is 0 Å². The normalized spacial score (nSPS) is 15.3. The predicted octanol–water partition coefficient (Wildman–Crippen LogP) is 3.20. The molecule has 1 atom stereocenters. The number of halogens is 2. The summed E-state index contributed by atoms with van der Waals surface area (Å²) in [7, 11) is 0. The molecule has 0 bridgehead atoms. The summed E-state index contributed by atoms with van der Waals surface area (Å²) in [6.07, 6.45) is 8.43. The van der Waals surface area contributed by atoms with Gasteiger partial charge in [0.25, 0.3) is 0 Å². The average molecular weight is 695 g/mol. The van der Waals surface area contributed by atoms with Crippen LogP contribution in [0.3, 0.4) is 0 Å². The second-order valence-electron chi connectivity index (χ2n) is 12.5. The number of rotatable bonds is 6. The Bertz CT molecular complexity index is 1890. The molecule has 214 valence electrons. The molecule has 0 nitrogen and oxygen atoms in total. The summed E-state index contributed by atoms with van der Waals surface area (Å²) >= 11 is -0.600. The summed E-state index contributed by atoms with van der Waals surface area (Å²) in [4.78, 5) is 0. The zero-order chi connectivity index (χ0) is 27.7. The van der Waals surface area contributed by atoms with E-state index in [1.165, 1.54) is 81.0 Å². The number of fused-ring (bicyclic) bond motifs is 4. The topological polar surface area (TPSA) is 0 Å². The van der Waals surface area contributed by atoms with Gasteiger partial charge >= 0.3 is 258 Å². The fourth-order valence-corrected chi connectivity index (χ4v) is 16.3. The Morgan fingerprint density at radius 2 is 1.44 bits per heavy atom. The maximum absolute atomic E-state index is 2.62. The third-order valence-electron chi connectivity index (χ3n) is 9.62. The molecule has 5 aromatic carbocycles. The second kappa shape index (κ2) is 12.3. The first-order valence-corrected chi connectivity index (χ1v) is 23.9. The van der Waals surface area contributed by atoms with Gasteiger partial charge in [-0.1, -0.05) is 0 Å². The van der Waals surface area contributed by atoms with E-state index in [1.54, 1.807) is 25.5 Å².